The highest BCUT2D eigenvalue weighted by atomic mass is 19.1. The molecular weight excluding hydrogens is 211 g/mol. The number of hydrogen-bond acceptors (Lipinski definition) is 3. The van der Waals surface area contributed by atoms with Crippen LogP contribution in [-0.2, 0) is 4.74 Å². The minimum Gasteiger partial charge on any atom is -0.390 e. The second-order valence-electron chi connectivity index (χ2n) is 4.18. The summed E-state index contributed by atoms with van der Waals surface area (Å²) in [4.78, 5) is 0. The Hall–Kier alpha value is -0.970. The molecule has 0 spiro atoms. The molecule has 3 nitrogen and oxygen atoms in total. The maximum atomic E-state index is 12.7. The summed E-state index contributed by atoms with van der Waals surface area (Å²) in [7, 11) is 0. The summed E-state index contributed by atoms with van der Waals surface area (Å²) in [5, 5.41) is 19.5. The van der Waals surface area contributed by atoms with Gasteiger partial charge in [0.2, 0.25) is 0 Å². The van der Waals surface area contributed by atoms with Crippen molar-refractivity contribution in [1.82, 2.24) is 0 Å². The van der Waals surface area contributed by atoms with Gasteiger partial charge in [-0.15, -0.1) is 0 Å². The second-order valence-corrected chi connectivity index (χ2v) is 4.18. The van der Waals surface area contributed by atoms with Crippen molar-refractivity contribution in [2.75, 3.05) is 0 Å². The molecule has 16 heavy (non-hydrogen) atoms. The van der Waals surface area contributed by atoms with Gasteiger partial charge in [-0.25, -0.2) is 4.39 Å². The summed E-state index contributed by atoms with van der Waals surface area (Å²) in [5.41, 5.74) is 0.604. The third kappa shape index (κ3) is 2.24. The van der Waals surface area contributed by atoms with Crippen LogP contribution in [-0.4, -0.2) is 28.5 Å². The summed E-state index contributed by atoms with van der Waals surface area (Å²) >= 11 is 0. The third-order valence-corrected chi connectivity index (χ3v) is 2.97. The predicted molar refractivity (Wildman–Crippen MR) is 56.3 cm³/mol. The SMILES string of the molecule is C[C@@H]1O[C@H]([C@H](O)c2ccc(F)cc2)C[C@H]1O. The van der Waals surface area contributed by atoms with Gasteiger partial charge in [0.05, 0.1) is 18.3 Å². The Morgan fingerprint density at radius 3 is 2.50 bits per heavy atom. The van der Waals surface area contributed by atoms with Crippen molar-refractivity contribution in [3.63, 3.8) is 0 Å². The number of rotatable bonds is 2. The van der Waals surface area contributed by atoms with Gasteiger partial charge in [-0.1, -0.05) is 12.1 Å². The van der Waals surface area contributed by atoms with Crippen LogP contribution in [0, 0.1) is 5.82 Å². The molecule has 0 unspecified atom stereocenters. The van der Waals surface area contributed by atoms with Crippen LogP contribution in [0.15, 0.2) is 24.3 Å². The molecule has 1 aromatic carbocycles. The summed E-state index contributed by atoms with van der Waals surface area (Å²) < 4.78 is 18.1. The van der Waals surface area contributed by atoms with Gasteiger partial charge in [-0.05, 0) is 24.6 Å². The molecule has 1 aliphatic heterocycles. The van der Waals surface area contributed by atoms with Crippen LogP contribution in [0.5, 0.6) is 0 Å². The molecule has 1 saturated heterocycles. The van der Waals surface area contributed by atoms with Crippen molar-refractivity contribution in [2.24, 2.45) is 0 Å². The first-order valence-corrected chi connectivity index (χ1v) is 5.35. The molecule has 1 fully saturated rings. The predicted octanol–water partition coefficient (Wildman–Crippen LogP) is 1.40. The van der Waals surface area contributed by atoms with Gasteiger partial charge < -0.3 is 14.9 Å². The fourth-order valence-corrected chi connectivity index (χ4v) is 1.93. The average molecular weight is 226 g/mol. The van der Waals surface area contributed by atoms with Crippen molar-refractivity contribution < 1.29 is 19.3 Å². The highest BCUT2D eigenvalue weighted by Crippen LogP contribution is 2.30. The normalized spacial score (nSPS) is 31.6. The largest absolute Gasteiger partial charge is 0.390 e. The van der Waals surface area contributed by atoms with Crippen molar-refractivity contribution in [3.8, 4) is 0 Å². The van der Waals surface area contributed by atoms with Gasteiger partial charge in [0, 0.05) is 6.42 Å². The lowest BCUT2D eigenvalue weighted by atomic mass is 10.0. The van der Waals surface area contributed by atoms with Gasteiger partial charge >= 0.3 is 0 Å². The number of hydrogen-bond donors (Lipinski definition) is 2. The quantitative estimate of drug-likeness (QED) is 0.801. The zero-order valence-corrected chi connectivity index (χ0v) is 9.01. The van der Waals surface area contributed by atoms with Crippen LogP contribution in [0.2, 0.25) is 0 Å². The maximum Gasteiger partial charge on any atom is 0.123 e. The number of benzene rings is 1. The second kappa shape index (κ2) is 4.49. The molecule has 4 heteroatoms. The Balaban J connectivity index is 2.08. The number of halogens is 1. The van der Waals surface area contributed by atoms with E-state index in [9.17, 15) is 14.6 Å². The topological polar surface area (TPSA) is 49.7 Å². The number of aliphatic hydroxyl groups excluding tert-OH is 2. The smallest absolute Gasteiger partial charge is 0.123 e. The number of aliphatic hydroxyl groups is 2. The molecule has 0 aliphatic carbocycles. The molecule has 2 rings (SSSR count). The molecule has 4 atom stereocenters. The van der Waals surface area contributed by atoms with Crippen LogP contribution in [0.25, 0.3) is 0 Å². The summed E-state index contributed by atoms with van der Waals surface area (Å²) in [6.07, 6.45) is -1.64. The fourth-order valence-electron chi connectivity index (χ4n) is 1.93. The Bertz CT molecular complexity index is 342. The van der Waals surface area contributed by atoms with E-state index in [1.54, 1.807) is 6.92 Å². The zero-order chi connectivity index (χ0) is 11.7. The molecular formula is C12H15FO3. The summed E-state index contributed by atoms with van der Waals surface area (Å²) in [6, 6.07) is 5.65. The molecule has 0 bridgehead atoms. The van der Waals surface area contributed by atoms with Gasteiger partial charge in [-0.2, -0.15) is 0 Å². The summed E-state index contributed by atoms with van der Waals surface area (Å²) in [5.74, 6) is -0.336. The van der Waals surface area contributed by atoms with Crippen LogP contribution in [0.1, 0.15) is 25.0 Å². The van der Waals surface area contributed by atoms with Crippen LogP contribution < -0.4 is 0 Å². The van der Waals surface area contributed by atoms with E-state index in [1.807, 2.05) is 0 Å². The van der Waals surface area contributed by atoms with Crippen molar-refractivity contribution in [3.05, 3.63) is 35.6 Å². The van der Waals surface area contributed by atoms with Crippen LogP contribution in [0.4, 0.5) is 4.39 Å². The molecule has 0 saturated carbocycles. The standard InChI is InChI=1S/C12H15FO3/c1-7-10(14)6-11(16-7)12(15)8-2-4-9(13)5-3-8/h2-5,7,10-12,14-15H,6H2,1H3/t7-,10+,11-,12+/m0/s1. The molecule has 2 N–H and O–H groups in total. The highest BCUT2D eigenvalue weighted by molar-refractivity contribution is 5.19. The first-order chi connectivity index (χ1) is 7.58. The lowest BCUT2D eigenvalue weighted by molar-refractivity contribution is -0.0380. The molecule has 1 aromatic rings. The van der Waals surface area contributed by atoms with E-state index in [0.717, 1.165) is 0 Å². The Labute approximate surface area is 93.5 Å². The van der Waals surface area contributed by atoms with Crippen LogP contribution in [0.3, 0.4) is 0 Å². The third-order valence-electron chi connectivity index (χ3n) is 2.97. The first-order valence-electron chi connectivity index (χ1n) is 5.35. The Kier molecular flexibility index (Phi) is 3.23. The van der Waals surface area contributed by atoms with E-state index in [-0.39, 0.29) is 11.9 Å². The molecule has 1 heterocycles. The average Bonchev–Trinajstić information content (AvgIpc) is 2.59. The van der Waals surface area contributed by atoms with Crippen molar-refractivity contribution in [1.29, 1.82) is 0 Å². The monoisotopic (exact) mass is 226 g/mol. The molecule has 88 valence electrons. The lowest BCUT2D eigenvalue weighted by Gasteiger charge is -2.18. The van der Waals surface area contributed by atoms with Crippen molar-refractivity contribution >= 4 is 0 Å². The molecule has 1 aliphatic rings. The Morgan fingerprint density at radius 2 is 2.00 bits per heavy atom. The van der Waals surface area contributed by atoms with E-state index in [2.05, 4.69) is 0 Å². The van der Waals surface area contributed by atoms with Gasteiger partial charge in [0.1, 0.15) is 11.9 Å². The van der Waals surface area contributed by atoms with Gasteiger partial charge in [0.15, 0.2) is 0 Å². The summed E-state index contributed by atoms with van der Waals surface area (Å²) in [6.45, 7) is 1.77. The number of ether oxygens (including phenoxy) is 1. The van der Waals surface area contributed by atoms with E-state index in [1.165, 1.54) is 24.3 Å². The Morgan fingerprint density at radius 1 is 1.38 bits per heavy atom. The molecule has 0 aromatic heterocycles. The molecule has 0 radical (unpaired) electrons. The van der Waals surface area contributed by atoms with Gasteiger partial charge in [0.25, 0.3) is 0 Å². The van der Waals surface area contributed by atoms with E-state index >= 15 is 0 Å². The minimum absolute atomic E-state index is 0.264. The zero-order valence-electron chi connectivity index (χ0n) is 9.01. The van der Waals surface area contributed by atoms with E-state index < -0.39 is 18.3 Å². The minimum atomic E-state index is -0.819. The maximum absolute atomic E-state index is 12.7. The fraction of sp³-hybridized carbons (Fsp3) is 0.500. The van der Waals surface area contributed by atoms with Crippen molar-refractivity contribution in [2.45, 2.75) is 37.8 Å². The van der Waals surface area contributed by atoms with E-state index in [0.29, 0.717) is 12.0 Å². The highest BCUT2D eigenvalue weighted by Gasteiger charge is 2.35. The lowest BCUT2D eigenvalue weighted by Crippen LogP contribution is -2.18. The van der Waals surface area contributed by atoms with Crippen LogP contribution >= 0.6 is 0 Å². The first kappa shape index (κ1) is 11.5. The van der Waals surface area contributed by atoms with Gasteiger partial charge in [-0.3, -0.25) is 0 Å². The van der Waals surface area contributed by atoms with E-state index in [4.69, 9.17) is 4.74 Å². The molecule has 0 amide bonds.